The number of carbonyl (C=O) groups excluding carboxylic acids is 2. The van der Waals surface area contributed by atoms with Crippen LogP contribution in [0.15, 0.2) is 30.3 Å². The molecule has 2 rings (SSSR count). The van der Waals surface area contributed by atoms with Gasteiger partial charge in [-0.15, -0.1) is 0 Å². The first-order chi connectivity index (χ1) is 11.8. The van der Waals surface area contributed by atoms with Crippen LogP contribution in [0.2, 0.25) is 5.15 Å². The second kappa shape index (κ2) is 7.98. The number of esters is 1. The molecule has 0 saturated heterocycles. The third-order valence-electron chi connectivity index (χ3n) is 3.53. The van der Waals surface area contributed by atoms with E-state index in [-0.39, 0.29) is 0 Å². The highest BCUT2D eigenvalue weighted by atomic mass is 35.5. The molecule has 0 aliphatic heterocycles. The SMILES string of the molecule is Cc1cccc(NC(=O)C(C)OC(=O)/C=C/c2c(C)nn(C)c2Cl)c1. The summed E-state index contributed by atoms with van der Waals surface area (Å²) in [5.41, 5.74) is 3.01. The lowest BCUT2D eigenvalue weighted by molar-refractivity contribution is -0.148. The van der Waals surface area contributed by atoms with Gasteiger partial charge >= 0.3 is 5.97 Å². The minimum Gasteiger partial charge on any atom is -0.449 e. The average Bonchev–Trinajstić information content (AvgIpc) is 2.78. The van der Waals surface area contributed by atoms with Gasteiger partial charge in [0.15, 0.2) is 6.10 Å². The van der Waals surface area contributed by atoms with Crippen LogP contribution in [0.4, 0.5) is 5.69 Å². The highest BCUT2D eigenvalue weighted by Gasteiger charge is 2.17. The van der Waals surface area contributed by atoms with Crippen LogP contribution in [0.25, 0.3) is 6.08 Å². The number of aryl methyl sites for hydroxylation is 3. The Bertz CT molecular complexity index is 827. The summed E-state index contributed by atoms with van der Waals surface area (Å²) in [5.74, 6) is -1.03. The van der Waals surface area contributed by atoms with Crippen LogP contribution in [0.5, 0.6) is 0 Å². The fourth-order valence-electron chi connectivity index (χ4n) is 2.22. The summed E-state index contributed by atoms with van der Waals surface area (Å²) in [7, 11) is 1.71. The van der Waals surface area contributed by atoms with Crippen LogP contribution in [0, 0.1) is 13.8 Å². The average molecular weight is 362 g/mol. The maximum Gasteiger partial charge on any atom is 0.331 e. The van der Waals surface area contributed by atoms with Gasteiger partial charge in [0.2, 0.25) is 0 Å². The molecule has 0 radical (unpaired) electrons. The Morgan fingerprint density at radius 3 is 2.68 bits per heavy atom. The molecule has 0 spiro atoms. The van der Waals surface area contributed by atoms with Crippen molar-refractivity contribution in [1.82, 2.24) is 9.78 Å². The van der Waals surface area contributed by atoms with Crippen molar-refractivity contribution in [2.75, 3.05) is 5.32 Å². The number of halogens is 1. The Hall–Kier alpha value is -2.60. The van der Waals surface area contributed by atoms with E-state index in [9.17, 15) is 9.59 Å². The van der Waals surface area contributed by atoms with E-state index in [2.05, 4.69) is 10.4 Å². The molecule has 1 N–H and O–H groups in total. The molecule has 1 unspecified atom stereocenters. The zero-order chi connectivity index (χ0) is 18.6. The smallest absolute Gasteiger partial charge is 0.331 e. The predicted octanol–water partition coefficient (Wildman–Crippen LogP) is 3.27. The molecule has 6 nitrogen and oxygen atoms in total. The zero-order valence-electron chi connectivity index (χ0n) is 14.5. The molecule has 1 aromatic carbocycles. The Morgan fingerprint density at radius 1 is 1.36 bits per heavy atom. The molecule has 1 heterocycles. The van der Waals surface area contributed by atoms with Crippen LogP contribution in [-0.4, -0.2) is 27.8 Å². The fourth-order valence-corrected chi connectivity index (χ4v) is 2.46. The van der Waals surface area contributed by atoms with Crippen LogP contribution in [0.3, 0.4) is 0 Å². The summed E-state index contributed by atoms with van der Waals surface area (Å²) < 4.78 is 6.63. The van der Waals surface area contributed by atoms with Gasteiger partial charge in [-0.05, 0) is 44.5 Å². The number of nitrogens with one attached hydrogen (secondary N) is 1. The van der Waals surface area contributed by atoms with E-state index in [1.165, 1.54) is 23.8 Å². The van der Waals surface area contributed by atoms with Gasteiger partial charge in [0.05, 0.1) is 5.69 Å². The number of amides is 1. The molecular weight excluding hydrogens is 342 g/mol. The van der Waals surface area contributed by atoms with Crippen molar-refractivity contribution in [3.05, 3.63) is 52.3 Å². The third-order valence-corrected chi connectivity index (χ3v) is 3.98. The first-order valence-electron chi connectivity index (χ1n) is 7.73. The van der Waals surface area contributed by atoms with Gasteiger partial charge in [0.1, 0.15) is 5.15 Å². The van der Waals surface area contributed by atoms with Crippen molar-refractivity contribution in [3.8, 4) is 0 Å². The highest BCUT2D eigenvalue weighted by Crippen LogP contribution is 2.20. The lowest BCUT2D eigenvalue weighted by Crippen LogP contribution is -2.29. The molecule has 132 valence electrons. The Kier molecular flexibility index (Phi) is 5.98. The van der Waals surface area contributed by atoms with Gasteiger partial charge in [0, 0.05) is 24.4 Å². The number of hydrogen-bond donors (Lipinski definition) is 1. The minimum absolute atomic E-state index is 0.400. The summed E-state index contributed by atoms with van der Waals surface area (Å²) in [6, 6.07) is 7.37. The third kappa shape index (κ3) is 4.93. The molecule has 25 heavy (non-hydrogen) atoms. The largest absolute Gasteiger partial charge is 0.449 e. The predicted molar refractivity (Wildman–Crippen MR) is 97.4 cm³/mol. The van der Waals surface area contributed by atoms with Crippen molar-refractivity contribution in [2.45, 2.75) is 26.9 Å². The first-order valence-corrected chi connectivity index (χ1v) is 8.11. The molecule has 1 aromatic heterocycles. The molecule has 1 atom stereocenters. The van der Waals surface area contributed by atoms with E-state index >= 15 is 0 Å². The summed E-state index contributed by atoms with van der Waals surface area (Å²) in [4.78, 5) is 24.0. The van der Waals surface area contributed by atoms with Crippen molar-refractivity contribution in [3.63, 3.8) is 0 Å². The fraction of sp³-hybridized carbons (Fsp3) is 0.278. The van der Waals surface area contributed by atoms with Crippen molar-refractivity contribution >= 4 is 35.2 Å². The van der Waals surface area contributed by atoms with Gasteiger partial charge in [-0.1, -0.05) is 23.7 Å². The quantitative estimate of drug-likeness (QED) is 0.655. The zero-order valence-corrected chi connectivity index (χ0v) is 15.3. The van der Waals surface area contributed by atoms with Crippen LogP contribution in [0.1, 0.15) is 23.7 Å². The molecule has 1 amide bonds. The number of rotatable bonds is 5. The van der Waals surface area contributed by atoms with E-state index in [4.69, 9.17) is 16.3 Å². The molecule has 0 saturated carbocycles. The molecule has 2 aromatic rings. The summed E-state index contributed by atoms with van der Waals surface area (Å²) in [6.07, 6.45) is 1.83. The molecule has 0 aliphatic carbocycles. The number of carbonyl (C=O) groups is 2. The van der Waals surface area contributed by atoms with Gasteiger partial charge in [0.25, 0.3) is 5.91 Å². The molecule has 0 bridgehead atoms. The van der Waals surface area contributed by atoms with Crippen LogP contribution in [-0.2, 0) is 21.4 Å². The summed E-state index contributed by atoms with van der Waals surface area (Å²) in [6.45, 7) is 5.23. The summed E-state index contributed by atoms with van der Waals surface area (Å²) >= 11 is 6.09. The lowest BCUT2D eigenvalue weighted by Gasteiger charge is -2.12. The topological polar surface area (TPSA) is 73.2 Å². The molecule has 0 aliphatic rings. The number of aromatic nitrogens is 2. The highest BCUT2D eigenvalue weighted by molar-refractivity contribution is 6.31. The maximum absolute atomic E-state index is 12.1. The number of hydrogen-bond acceptors (Lipinski definition) is 4. The van der Waals surface area contributed by atoms with Gasteiger partial charge in [-0.3, -0.25) is 9.48 Å². The lowest BCUT2D eigenvalue weighted by atomic mass is 10.2. The van der Waals surface area contributed by atoms with E-state index in [1.54, 1.807) is 20.0 Å². The van der Waals surface area contributed by atoms with Crippen molar-refractivity contribution < 1.29 is 14.3 Å². The van der Waals surface area contributed by atoms with Gasteiger partial charge in [-0.2, -0.15) is 5.10 Å². The second-order valence-electron chi connectivity index (χ2n) is 5.68. The first kappa shape index (κ1) is 18.7. The van der Waals surface area contributed by atoms with E-state index in [0.29, 0.717) is 22.1 Å². The van der Waals surface area contributed by atoms with Crippen LogP contribution < -0.4 is 5.32 Å². The number of benzene rings is 1. The normalized spacial score (nSPS) is 12.2. The number of anilines is 1. The Morgan fingerprint density at radius 2 is 2.08 bits per heavy atom. The summed E-state index contributed by atoms with van der Waals surface area (Å²) in [5, 5.41) is 7.28. The van der Waals surface area contributed by atoms with E-state index in [1.807, 2.05) is 25.1 Å². The monoisotopic (exact) mass is 361 g/mol. The van der Waals surface area contributed by atoms with Crippen LogP contribution >= 0.6 is 11.6 Å². The Labute approximate surface area is 151 Å². The second-order valence-corrected chi connectivity index (χ2v) is 6.04. The standard InChI is InChI=1S/C18H20ClN3O3/c1-11-6-5-7-14(10-11)20-18(24)13(3)25-16(23)9-8-15-12(2)21-22(4)17(15)19/h5-10,13H,1-4H3,(H,20,24)/b9-8+. The molecule has 7 heteroatoms. The van der Waals surface area contributed by atoms with Gasteiger partial charge < -0.3 is 10.1 Å². The van der Waals surface area contributed by atoms with E-state index < -0.39 is 18.0 Å². The molecular formula is C18H20ClN3O3. The minimum atomic E-state index is -0.928. The maximum atomic E-state index is 12.1. The molecule has 0 fully saturated rings. The number of nitrogens with zero attached hydrogens (tertiary/aromatic N) is 2. The number of ether oxygens (including phenoxy) is 1. The Balaban J connectivity index is 1.95. The van der Waals surface area contributed by atoms with Crippen molar-refractivity contribution in [1.29, 1.82) is 0 Å². The van der Waals surface area contributed by atoms with E-state index in [0.717, 1.165) is 5.56 Å². The van der Waals surface area contributed by atoms with Gasteiger partial charge in [-0.25, -0.2) is 4.79 Å². The van der Waals surface area contributed by atoms with Crippen molar-refractivity contribution in [2.24, 2.45) is 7.05 Å².